The minimum absolute atomic E-state index is 0.0560. The maximum absolute atomic E-state index is 12.5. The fraction of sp³-hybridized carbons (Fsp3) is 0.381. The number of carbonyl (C=O) groups excluding carboxylic acids is 2. The summed E-state index contributed by atoms with van der Waals surface area (Å²) < 4.78 is 0. The van der Waals surface area contributed by atoms with Gasteiger partial charge in [-0.3, -0.25) is 9.59 Å². The van der Waals surface area contributed by atoms with Crippen LogP contribution in [0.3, 0.4) is 0 Å². The molecule has 1 fully saturated rings. The summed E-state index contributed by atoms with van der Waals surface area (Å²) in [5.41, 5.74) is 1.81. The van der Waals surface area contributed by atoms with Crippen molar-refractivity contribution in [2.45, 2.75) is 44.1 Å². The van der Waals surface area contributed by atoms with Crippen LogP contribution in [0.15, 0.2) is 47.6 Å². The van der Waals surface area contributed by atoms with Crippen molar-refractivity contribution in [2.24, 2.45) is 5.92 Å². The van der Waals surface area contributed by atoms with Gasteiger partial charge in [0.15, 0.2) is 0 Å². The number of thioether (sulfide) groups is 1. The standard InChI is InChI=1S/C21H25N3O2S/c1-2-27-19-12-11-18(14-22-19)24-21(26)16-9-6-10-17(13-16)23-20(25)15-7-4-3-5-8-15/h6,9-15H,2-5,7-8H2,1H3,(H,23,25)(H,24,26). The molecule has 2 N–H and O–H groups in total. The smallest absolute Gasteiger partial charge is 0.255 e. The Balaban J connectivity index is 1.61. The number of carbonyl (C=O) groups is 2. The van der Waals surface area contributed by atoms with Gasteiger partial charge in [-0.1, -0.05) is 32.3 Å². The highest BCUT2D eigenvalue weighted by Gasteiger charge is 2.21. The third-order valence-corrected chi connectivity index (χ3v) is 5.48. The summed E-state index contributed by atoms with van der Waals surface area (Å²) in [6.07, 6.45) is 7.00. The average molecular weight is 384 g/mol. The maximum atomic E-state index is 12.5. The van der Waals surface area contributed by atoms with Gasteiger partial charge >= 0.3 is 0 Å². The number of aromatic nitrogens is 1. The number of pyridine rings is 1. The van der Waals surface area contributed by atoms with E-state index in [4.69, 9.17) is 0 Å². The lowest BCUT2D eigenvalue weighted by Gasteiger charge is -2.20. The Bertz CT molecular complexity index is 786. The van der Waals surface area contributed by atoms with Gasteiger partial charge in [0, 0.05) is 17.2 Å². The molecule has 0 bridgehead atoms. The number of nitrogens with one attached hydrogen (secondary N) is 2. The molecular formula is C21H25N3O2S. The van der Waals surface area contributed by atoms with Gasteiger partial charge in [-0.15, -0.1) is 11.8 Å². The Labute approximate surface area is 164 Å². The summed E-state index contributed by atoms with van der Waals surface area (Å²) in [7, 11) is 0. The summed E-state index contributed by atoms with van der Waals surface area (Å²) in [5.74, 6) is 0.877. The van der Waals surface area contributed by atoms with Crippen LogP contribution in [0.4, 0.5) is 11.4 Å². The minimum Gasteiger partial charge on any atom is -0.326 e. The van der Waals surface area contributed by atoms with Crippen molar-refractivity contribution in [3.8, 4) is 0 Å². The predicted octanol–water partition coefficient (Wildman–Crippen LogP) is 4.96. The summed E-state index contributed by atoms with van der Waals surface area (Å²) in [5, 5.41) is 6.74. The Kier molecular flexibility index (Phi) is 6.87. The summed E-state index contributed by atoms with van der Waals surface area (Å²) in [6.45, 7) is 2.07. The quantitative estimate of drug-likeness (QED) is 0.691. The van der Waals surface area contributed by atoms with E-state index in [0.29, 0.717) is 16.9 Å². The monoisotopic (exact) mass is 383 g/mol. The van der Waals surface area contributed by atoms with Crippen molar-refractivity contribution >= 4 is 35.0 Å². The predicted molar refractivity (Wildman–Crippen MR) is 110 cm³/mol. The molecule has 1 aromatic heterocycles. The van der Waals surface area contributed by atoms with Crippen LogP contribution in [0, 0.1) is 5.92 Å². The molecule has 2 amide bonds. The highest BCUT2D eigenvalue weighted by molar-refractivity contribution is 7.99. The second-order valence-electron chi connectivity index (χ2n) is 6.68. The number of rotatable bonds is 6. The first-order valence-electron chi connectivity index (χ1n) is 9.47. The fourth-order valence-corrected chi connectivity index (χ4v) is 3.83. The van der Waals surface area contributed by atoms with Crippen molar-refractivity contribution in [2.75, 3.05) is 16.4 Å². The second kappa shape index (κ2) is 9.55. The first kappa shape index (κ1) is 19.4. The van der Waals surface area contributed by atoms with Gasteiger partial charge in [0.25, 0.3) is 5.91 Å². The summed E-state index contributed by atoms with van der Waals surface area (Å²) >= 11 is 1.65. The largest absolute Gasteiger partial charge is 0.326 e. The normalized spacial score (nSPS) is 14.6. The van der Waals surface area contributed by atoms with Gasteiger partial charge in [0.1, 0.15) is 0 Å². The average Bonchev–Trinajstić information content (AvgIpc) is 2.70. The van der Waals surface area contributed by atoms with E-state index in [2.05, 4.69) is 22.5 Å². The topological polar surface area (TPSA) is 71.1 Å². The third kappa shape index (κ3) is 5.57. The fourth-order valence-electron chi connectivity index (χ4n) is 3.24. The van der Waals surface area contributed by atoms with E-state index in [1.807, 2.05) is 18.2 Å². The Morgan fingerprint density at radius 2 is 1.89 bits per heavy atom. The van der Waals surface area contributed by atoms with Crippen molar-refractivity contribution in [3.05, 3.63) is 48.2 Å². The zero-order valence-corrected chi connectivity index (χ0v) is 16.3. The second-order valence-corrected chi connectivity index (χ2v) is 7.96. The molecule has 0 aliphatic heterocycles. The molecule has 0 spiro atoms. The van der Waals surface area contributed by atoms with Gasteiger partial charge in [-0.05, 0) is 48.9 Å². The van der Waals surface area contributed by atoms with Crippen LogP contribution in [0.5, 0.6) is 0 Å². The molecule has 1 aliphatic rings. The van der Waals surface area contributed by atoms with E-state index in [1.54, 1.807) is 36.2 Å². The van der Waals surface area contributed by atoms with Gasteiger partial charge in [-0.25, -0.2) is 4.98 Å². The molecule has 0 atom stereocenters. The molecule has 6 heteroatoms. The van der Waals surface area contributed by atoms with Crippen LogP contribution in [-0.2, 0) is 4.79 Å². The van der Waals surface area contributed by atoms with Gasteiger partial charge in [0.2, 0.25) is 5.91 Å². The van der Waals surface area contributed by atoms with Gasteiger partial charge in [-0.2, -0.15) is 0 Å². The van der Waals surface area contributed by atoms with Crippen LogP contribution in [0.1, 0.15) is 49.4 Å². The van der Waals surface area contributed by atoms with E-state index in [0.717, 1.165) is 36.5 Å². The number of nitrogens with zero attached hydrogens (tertiary/aromatic N) is 1. The van der Waals surface area contributed by atoms with E-state index in [9.17, 15) is 9.59 Å². The maximum Gasteiger partial charge on any atom is 0.255 e. The molecule has 0 unspecified atom stereocenters. The molecule has 1 aliphatic carbocycles. The SMILES string of the molecule is CCSc1ccc(NC(=O)c2cccc(NC(=O)C3CCCCC3)c2)cn1. The third-order valence-electron chi connectivity index (χ3n) is 4.65. The molecule has 1 aromatic carbocycles. The van der Waals surface area contributed by atoms with Crippen molar-refractivity contribution in [3.63, 3.8) is 0 Å². The summed E-state index contributed by atoms with van der Waals surface area (Å²) in [6, 6.07) is 10.8. The number of benzene rings is 1. The minimum atomic E-state index is -0.221. The van der Waals surface area contributed by atoms with Gasteiger partial charge in [0.05, 0.1) is 16.9 Å². The first-order chi connectivity index (χ1) is 13.2. The summed E-state index contributed by atoms with van der Waals surface area (Å²) in [4.78, 5) is 29.2. The zero-order chi connectivity index (χ0) is 19.1. The molecule has 0 saturated heterocycles. The van der Waals surface area contributed by atoms with E-state index >= 15 is 0 Å². The van der Waals surface area contributed by atoms with Crippen LogP contribution in [0.25, 0.3) is 0 Å². The molecular weight excluding hydrogens is 358 g/mol. The van der Waals surface area contributed by atoms with E-state index in [-0.39, 0.29) is 17.7 Å². The number of amides is 2. The number of hydrogen-bond acceptors (Lipinski definition) is 4. The van der Waals surface area contributed by atoms with Crippen molar-refractivity contribution in [1.29, 1.82) is 0 Å². The molecule has 142 valence electrons. The van der Waals surface area contributed by atoms with Crippen LogP contribution in [-0.4, -0.2) is 22.6 Å². The Hall–Kier alpha value is -2.34. The molecule has 1 saturated carbocycles. The van der Waals surface area contributed by atoms with E-state index in [1.165, 1.54) is 6.42 Å². The molecule has 3 rings (SSSR count). The lowest BCUT2D eigenvalue weighted by atomic mass is 9.88. The highest BCUT2D eigenvalue weighted by atomic mass is 32.2. The zero-order valence-electron chi connectivity index (χ0n) is 15.5. The molecule has 5 nitrogen and oxygen atoms in total. The number of hydrogen-bond donors (Lipinski definition) is 2. The lowest BCUT2D eigenvalue weighted by Crippen LogP contribution is -2.24. The Morgan fingerprint density at radius 3 is 2.59 bits per heavy atom. The van der Waals surface area contributed by atoms with Crippen LogP contribution < -0.4 is 10.6 Å². The number of anilines is 2. The van der Waals surface area contributed by atoms with Crippen LogP contribution in [0.2, 0.25) is 0 Å². The van der Waals surface area contributed by atoms with Gasteiger partial charge < -0.3 is 10.6 Å². The molecule has 27 heavy (non-hydrogen) atoms. The highest BCUT2D eigenvalue weighted by Crippen LogP contribution is 2.25. The van der Waals surface area contributed by atoms with Crippen LogP contribution >= 0.6 is 11.8 Å². The first-order valence-corrected chi connectivity index (χ1v) is 10.5. The molecule has 2 aromatic rings. The van der Waals surface area contributed by atoms with Crippen molar-refractivity contribution in [1.82, 2.24) is 4.98 Å². The van der Waals surface area contributed by atoms with Crippen molar-refractivity contribution < 1.29 is 9.59 Å². The molecule has 0 radical (unpaired) electrons. The van der Waals surface area contributed by atoms with E-state index < -0.39 is 0 Å². The molecule has 1 heterocycles. The Morgan fingerprint density at radius 1 is 1.07 bits per heavy atom. The lowest BCUT2D eigenvalue weighted by molar-refractivity contribution is -0.120.